The number of benzene rings is 2. The number of anilines is 1. The molecule has 0 aromatic heterocycles. The molecule has 6 heteroatoms. The van der Waals surface area contributed by atoms with E-state index in [1.807, 2.05) is 32.0 Å². The van der Waals surface area contributed by atoms with Crippen LogP contribution in [0.1, 0.15) is 55.8 Å². The highest BCUT2D eigenvalue weighted by atomic mass is 19.1. The summed E-state index contributed by atoms with van der Waals surface area (Å²) in [6.45, 7) is 4.09. The van der Waals surface area contributed by atoms with Gasteiger partial charge in [-0.15, -0.1) is 0 Å². The molecule has 0 radical (unpaired) electrons. The lowest BCUT2D eigenvalue weighted by atomic mass is 9.83. The maximum Gasteiger partial charge on any atom is 0.319 e. The molecule has 0 bridgehead atoms. The number of halogens is 1. The molecule has 1 aliphatic heterocycles. The Balaban J connectivity index is 1.56. The lowest BCUT2D eigenvalue weighted by Gasteiger charge is -2.41. The first-order valence-electron chi connectivity index (χ1n) is 10.3. The second-order valence-electron chi connectivity index (χ2n) is 8.03. The molecular formula is C23H27FN2O3. The van der Waals surface area contributed by atoms with Crippen molar-refractivity contribution in [3.8, 4) is 5.75 Å². The fourth-order valence-corrected chi connectivity index (χ4v) is 4.52. The number of hydrogen-bond acceptors (Lipinski definition) is 3. The lowest BCUT2D eigenvalue weighted by Crippen LogP contribution is -2.45. The number of aliphatic hydroxyl groups excluding tert-OH is 1. The van der Waals surface area contributed by atoms with Gasteiger partial charge in [-0.25, -0.2) is 9.18 Å². The molecule has 4 rings (SSSR count). The van der Waals surface area contributed by atoms with Crippen molar-refractivity contribution in [1.82, 2.24) is 5.32 Å². The van der Waals surface area contributed by atoms with Gasteiger partial charge in [0.1, 0.15) is 17.2 Å². The number of urea groups is 1. The number of aliphatic hydroxyl groups is 1. The quantitative estimate of drug-likeness (QED) is 0.711. The third kappa shape index (κ3) is 3.81. The Kier molecular flexibility index (Phi) is 5.21. The van der Waals surface area contributed by atoms with E-state index in [-0.39, 0.29) is 17.9 Å². The first-order valence-corrected chi connectivity index (χ1v) is 10.3. The molecule has 3 N–H and O–H groups in total. The van der Waals surface area contributed by atoms with E-state index < -0.39 is 11.7 Å². The lowest BCUT2D eigenvalue weighted by molar-refractivity contribution is 0.0243. The van der Waals surface area contributed by atoms with Crippen LogP contribution in [0.25, 0.3) is 0 Å². The van der Waals surface area contributed by atoms with Gasteiger partial charge in [0.25, 0.3) is 0 Å². The van der Waals surface area contributed by atoms with E-state index in [4.69, 9.17) is 4.74 Å². The molecule has 2 aliphatic rings. The van der Waals surface area contributed by atoms with Crippen molar-refractivity contribution in [1.29, 1.82) is 0 Å². The highest BCUT2D eigenvalue weighted by Gasteiger charge is 2.39. The van der Waals surface area contributed by atoms with Gasteiger partial charge >= 0.3 is 6.03 Å². The van der Waals surface area contributed by atoms with Gasteiger partial charge in [-0.1, -0.05) is 32.0 Å². The number of fused-ring (bicyclic) bond motifs is 2. The largest absolute Gasteiger partial charge is 0.487 e. The molecule has 1 aliphatic carbocycles. The zero-order valence-electron chi connectivity index (χ0n) is 16.8. The van der Waals surface area contributed by atoms with Crippen LogP contribution in [0.3, 0.4) is 0 Å². The number of ether oxygens (including phenoxy) is 1. The fraction of sp³-hybridized carbons (Fsp3) is 0.435. The van der Waals surface area contributed by atoms with Crippen molar-refractivity contribution in [3.05, 3.63) is 58.9 Å². The summed E-state index contributed by atoms with van der Waals surface area (Å²) in [5.74, 6) is 0.141. The van der Waals surface area contributed by atoms with E-state index >= 15 is 0 Å². The fourth-order valence-electron chi connectivity index (χ4n) is 4.52. The van der Waals surface area contributed by atoms with Crippen LogP contribution in [0.4, 0.5) is 14.9 Å². The van der Waals surface area contributed by atoms with E-state index in [0.717, 1.165) is 35.2 Å². The number of hydrogen-bond donors (Lipinski definition) is 3. The predicted octanol–water partition coefficient (Wildman–Crippen LogP) is 4.49. The standard InChI is InChI=1S/C23H27FN2O3/c1-3-23(4-2)13-20(17-9-8-15(24)11-21(17)29-23)26-22(28)25-19-7-5-6-14-10-16(27)12-18(14)19/h5-9,11,16,20,27H,3-4,10,12-13H2,1-2H3,(H2,25,26,28)/t16-,20-/m1/s1. The third-order valence-electron chi connectivity index (χ3n) is 6.26. The van der Waals surface area contributed by atoms with Crippen LogP contribution in [-0.2, 0) is 12.8 Å². The minimum Gasteiger partial charge on any atom is -0.487 e. The number of carbonyl (C=O) groups is 1. The Bertz CT molecular complexity index is 926. The molecule has 0 saturated heterocycles. The summed E-state index contributed by atoms with van der Waals surface area (Å²) in [6.07, 6.45) is 2.91. The van der Waals surface area contributed by atoms with Crippen molar-refractivity contribution in [2.24, 2.45) is 0 Å². The summed E-state index contributed by atoms with van der Waals surface area (Å²) in [5, 5.41) is 15.9. The van der Waals surface area contributed by atoms with E-state index in [0.29, 0.717) is 25.0 Å². The van der Waals surface area contributed by atoms with E-state index in [1.165, 1.54) is 12.1 Å². The van der Waals surface area contributed by atoms with Crippen LogP contribution in [-0.4, -0.2) is 22.8 Å². The van der Waals surface area contributed by atoms with Crippen molar-refractivity contribution < 1.29 is 19.0 Å². The predicted molar refractivity (Wildman–Crippen MR) is 110 cm³/mol. The Morgan fingerprint density at radius 3 is 2.79 bits per heavy atom. The van der Waals surface area contributed by atoms with E-state index in [9.17, 15) is 14.3 Å². The minimum atomic E-state index is -0.434. The van der Waals surface area contributed by atoms with Crippen LogP contribution in [0.5, 0.6) is 5.75 Å². The average molecular weight is 398 g/mol. The number of carbonyl (C=O) groups excluding carboxylic acids is 1. The maximum absolute atomic E-state index is 13.8. The summed E-state index contributed by atoms with van der Waals surface area (Å²) in [5.41, 5.74) is 3.13. The summed E-state index contributed by atoms with van der Waals surface area (Å²) in [7, 11) is 0. The third-order valence-corrected chi connectivity index (χ3v) is 6.26. The summed E-state index contributed by atoms with van der Waals surface area (Å²) in [6, 6.07) is 9.60. The molecule has 1 heterocycles. The zero-order chi connectivity index (χ0) is 20.6. The van der Waals surface area contributed by atoms with Gasteiger partial charge in [0, 0.05) is 30.2 Å². The van der Waals surface area contributed by atoms with Crippen LogP contribution in [0.15, 0.2) is 36.4 Å². The molecule has 2 aromatic carbocycles. The van der Waals surface area contributed by atoms with Gasteiger partial charge in [-0.05, 0) is 42.5 Å². The van der Waals surface area contributed by atoms with Crippen LogP contribution < -0.4 is 15.4 Å². The molecule has 154 valence electrons. The summed E-state index contributed by atoms with van der Waals surface area (Å²) >= 11 is 0. The molecule has 0 unspecified atom stereocenters. The molecule has 0 spiro atoms. The van der Waals surface area contributed by atoms with Crippen LogP contribution >= 0.6 is 0 Å². The summed E-state index contributed by atoms with van der Waals surface area (Å²) < 4.78 is 20.0. The Morgan fingerprint density at radius 1 is 1.24 bits per heavy atom. The molecule has 5 nitrogen and oxygen atoms in total. The van der Waals surface area contributed by atoms with Crippen molar-refractivity contribution in [2.45, 2.75) is 63.7 Å². The molecule has 2 aromatic rings. The topological polar surface area (TPSA) is 70.6 Å². The molecule has 0 fully saturated rings. The second-order valence-corrected chi connectivity index (χ2v) is 8.03. The van der Waals surface area contributed by atoms with Gasteiger partial charge in [-0.2, -0.15) is 0 Å². The average Bonchev–Trinajstić information content (AvgIpc) is 3.08. The highest BCUT2D eigenvalue weighted by molar-refractivity contribution is 5.90. The van der Waals surface area contributed by atoms with Gasteiger partial charge < -0.3 is 20.5 Å². The number of rotatable bonds is 4. The zero-order valence-corrected chi connectivity index (χ0v) is 16.8. The van der Waals surface area contributed by atoms with E-state index in [2.05, 4.69) is 10.6 Å². The van der Waals surface area contributed by atoms with Gasteiger partial charge in [0.05, 0.1) is 12.1 Å². The van der Waals surface area contributed by atoms with Gasteiger partial charge in [0.15, 0.2) is 0 Å². The summed E-state index contributed by atoms with van der Waals surface area (Å²) in [4.78, 5) is 12.8. The van der Waals surface area contributed by atoms with Crippen molar-refractivity contribution in [2.75, 3.05) is 5.32 Å². The normalized spacial score (nSPS) is 21.7. The molecule has 2 amide bonds. The molecule has 2 atom stereocenters. The maximum atomic E-state index is 13.8. The van der Waals surface area contributed by atoms with Crippen molar-refractivity contribution in [3.63, 3.8) is 0 Å². The Labute approximate surface area is 170 Å². The SMILES string of the molecule is CCC1(CC)C[C@@H](NC(=O)Nc2cccc3c2C[C@H](O)C3)c2ccc(F)cc2O1. The highest BCUT2D eigenvalue weighted by Crippen LogP contribution is 2.43. The first kappa shape index (κ1) is 19.7. The van der Waals surface area contributed by atoms with Gasteiger partial charge in [-0.3, -0.25) is 0 Å². The minimum absolute atomic E-state index is 0.276. The van der Waals surface area contributed by atoms with Crippen molar-refractivity contribution >= 4 is 11.7 Å². The smallest absolute Gasteiger partial charge is 0.319 e. The molecule has 29 heavy (non-hydrogen) atoms. The van der Waals surface area contributed by atoms with Crippen LogP contribution in [0, 0.1) is 5.82 Å². The van der Waals surface area contributed by atoms with Crippen LogP contribution in [0.2, 0.25) is 0 Å². The number of nitrogens with one attached hydrogen (secondary N) is 2. The van der Waals surface area contributed by atoms with Gasteiger partial charge in [0.2, 0.25) is 0 Å². The first-order chi connectivity index (χ1) is 13.9. The molecular weight excluding hydrogens is 371 g/mol. The second kappa shape index (κ2) is 7.67. The Morgan fingerprint density at radius 2 is 2.03 bits per heavy atom. The number of amides is 2. The molecule has 0 saturated carbocycles. The van der Waals surface area contributed by atoms with E-state index in [1.54, 1.807) is 6.07 Å². The Hall–Kier alpha value is -2.60. The monoisotopic (exact) mass is 398 g/mol.